The fourth-order valence-electron chi connectivity index (χ4n) is 1.85. The lowest BCUT2D eigenvalue weighted by atomic mass is 10.2. The Labute approximate surface area is 117 Å². The summed E-state index contributed by atoms with van der Waals surface area (Å²) in [6, 6.07) is 5.70. The molecule has 0 aliphatic carbocycles. The summed E-state index contributed by atoms with van der Waals surface area (Å²) in [6.07, 6.45) is 0. The molecule has 1 aromatic heterocycles. The van der Waals surface area contributed by atoms with E-state index >= 15 is 0 Å². The van der Waals surface area contributed by atoms with E-state index in [2.05, 4.69) is 20.8 Å². The quantitative estimate of drug-likeness (QED) is 0.808. The van der Waals surface area contributed by atoms with Crippen LogP contribution in [0.1, 0.15) is 18.3 Å². The van der Waals surface area contributed by atoms with E-state index in [1.54, 1.807) is 18.9 Å². The van der Waals surface area contributed by atoms with Gasteiger partial charge in [-0.1, -0.05) is 6.92 Å². The molecule has 2 aromatic rings. The maximum Gasteiger partial charge on any atom is 0.165 e. The smallest absolute Gasteiger partial charge is 0.165 e. The average molecular weight is 277 g/mol. The van der Waals surface area contributed by atoms with Crippen LogP contribution in [-0.4, -0.2) is 41.0 Å². The summed E-state index contributed by atoms with van der Waals surface area (Å²) < 4.78 is 12.3. The first-order valence-electron chi connectivity index (χ1n) is 6.45. The molecular weight excluding hydrogens is 258 g/mol. The molecule has 0 aliphatic heterocycles. The Morgan fingerprint density at radius 2 is 2.10 bits per heavy atom. The third-order valence-electron chi connectivity index (χ3n) is 2.95. The van der Waals surface area contributed by atoms with Gasteiger partial charge in [0.25, 0.3) is 0 Å². The normalized spacial score (nSPS) is 10.6. The van der Waals surface area contributed by atoms with Gasteiger partial charge >= 0.3 is 0 Å². The zero-order valence-corrected chi connectivity index (χ0v) is 12.0. The number of rotatable bonds is 7. The van der Waals surface area contributed by atoms with Crippen LogP contribution in [0, 0.1) is 0 Å². The van der Waals surface area contributed by atoms with Crippen molar-refractivity contribution in [1.29, 1.82) is 0 Å². The molecule has 20 heavy (non-hydrogen) atoms. The van der Waals surface area contributed by atoms with E-state index in [9.17, 15) is 0 Å². The Kier molecular flexibility index (Phi) is 4.89. The summed E-state index contributed by atoms with van der Waals surface area (Å²) in [5, 5.41) is 15.0. The summed E-state index contributed by atoms with van der Waals surface area (Å²) in [5.41, 5.74) is 0.998. The van der Waals surface area contributed by atoms with Gasteiger partial charge < -0.3 is 14.8 Å². The molecule has 0 atom stereocenters. The predicted molar refractivity (Wildman–Crippen MR) is 73.8 cm³/mol. The molecule has 1 heterocycles. The van der Waals surface area contributed by atoms with Crippen LogP contribution in [0.5, 0.6) is 11.5 Å². The molecule has 1 aromatic carbocycles. The van der Waals surface area contributed by atoms with Crippen molar-refractivity contribution in [3.63, 3.8) is 0 Å². The molecule has 0 aliphatic rings. The summed E-state index contributed by atoms with van der Waals surface area (Å²) in [4.78, 5) is 0. The maximum absolute atomic E-state index is 5.38. The van der Waals surface area contributed by atoms with Gasteiger partial charge in [-0.3, -0.25) is 0 Å². The van der Waals surface area contributed by atoms with E-state index in [0.29, 0.717) is 13.1 Å². The van der Waals surface area contributed by atoms with Crippen molar-refractivity contribution < 1.29 is 9.47 Å². The molecule has 0 saturated heterocycles. The SMILES string of the molecule is CCNCc1nnnn1Cc1ccc(OC)cc1OC. The fourth-order valence-corrected chi connectivity index (χ4v) is 1.85. The highest BCUT2D eigenvalue weighted by atomic mass is 16.5. The molecule has 0 saturated carbocycles. The molecule has 0 radical (unpaired) electrons. The summed E-state index contributed by atoms with van der Waals surface area (Å²) >= 11 is 0. The number of hydrogen-bond donors (Lipinski definition) is 1. The van der Waals surface area contributed by atoms with E-state index in [1.165, 1.54) is 0 Å². The van der Waals surface area contributed by atoms with Gasteiger partial charge in [0.2, 0.25) is 0 Å². The van der Waals surface area contributed by atoms with Crippen molar-refractivity contribution in [2.45, 2.75) is 20.0 Å². The third-order valence-corrected chi connectivity index (χ3v) is 2.95. The van der Waals surface area contributed by atoms with Crippen LogP contribution < -0.4 is 14.8 Å². The van der Waals surface area contributed by atoms with Crippen molar-refractivity contribution in [2.24, 2.45) is 0 Å². The molecule has 0 bridgehead atoms. The largest absolute Gasteiger partial charge is 0.497 e. The topological polar surface area (TPSA) is 74.1 Å². The highest BCUT2D eigenvalue weighted by Crippen LogP contribution is 2.25. The van der Waals surface area contributed by atoms with Crippen LogP contribution in [0.4, 0.5) is 0 Å². The molecule has 0 amide bonds. The first kappa shape index (κ1) is 14.3. The second-order valence-electron chi connectivity index (χ2n) is 4.21. The first-order chi connectivity index (χ1) is 9.78. The molecule has 108 valence electrons. The number of nitrogens with zero attached hydrogens (tertiary/aromatic N) is 4. The van der Waals surface area contributed by atoms with Crippen molar-refractivity contribution in [2.75, 3.05) is 20.8 Å². The summed E-state index contributed by atoms with van der Waals surface area (Å²) in [7, 11) is 3.27. The van der Waals surface area contributed by atoms with Crippen LogP contribution in [-0.2, 0) is 13.1 Å². The highest BCUT2D eigenvalue weighted by Gasteiger charge is 2.10. The van der Waals surface area contributed by atoms with E-state index in [0.717, 1.165) is 29.4 Å². The fraction of sp³-hybridized carbons (Fsp3) is 0.462. The van der Waals surface area contributed by atoms with Crippen LogP contribution in [0.15, 0.2) is 18.2 Å². The van der Waals surface area contributed by atoms with E-state index in [-0.39, 0.29) is 0 Å². The van der Waals surface area contributed by atoms with Gasteiger partial charge in [0, 0.05) is 11.6 Å². The second-order valence-corrected chi connectivity index (χ2v) is 4.21. The molecule has 1 N–H and O–H groups in total. The van der Waals surface area contributed by atoms with Gasteiger partial charge in [0.05, 0.1) is 27.3 Å². The molecule has 2 rings (SSSR count). The van der Waals surface area contributed by atoms with Gasteiger partial charge in [-0.2, -0.15) is 0 Å². The molecule has 7 heteroatoms. The monoisotopic (exact) mass is 277 g/mol. The zero-order chi connectivity index (χ0) is 14.4. The van der Waals surface area contributed by atoms with Gasteiger partial charge in [-0.05, 0) is 29.1 Å². The Bertz CT molecular complexity index is 555. The summed E-state index contributed by atoms with van der Waals surface area (Å²) in [6.45, 7) is 4.11. The lowest BCUT2D eigenvalue weighted by Gasteiger charge is -2.11. The first-order valence-corrected chi connectivity index (χ1v) is 6.45. The van der Waals surface area contributed by atoms with E-state index in [4.69, 9.17) is 9.47 Å². The van der Waals surface area contributed by atoms with Crippen LogP contribution in [0.3, 0.4) is 0 Å². The van der Waals surface area contributed by atoms with Crippen molar-refractivity contribution in [1.82, 2.24) is 25.5 Å². The molecule has 0 unspecified atom stereocenters. The highest BCUT2D eigenvalue weighted by molar-refractivity contribution is 5.40. The average Bonchev–Trinajstić information content (AvgIpc) is 2.92. The summed E-state index contributed by atoms with van der Waals surface area (Å²) in [5.74, 6) is 2.31. The minimum absolute atomic E-state index is 0.556. The maximum atomic E-state index is 5.38. The third kappa shape index (κ3) is 3.24. The van der Waals surface area contributed by atoms with Crippen LogP contribution >= 0.6 is 0 Å². The molecule has 0 fully saturated rings. The zero-order valence-electron chi connectivity index (χ0n) is 12.0. The van der Waals surface area contributed by atoms with Crippen molar-refractivity contribution in [3.05, 3.63) is 29.6 Å². The van der Waals surface area contributed by atoms with Gasteiger partial charge in [-0.15, -0.1) is 5.10 Å². The molecular formula is C13H19N5O2. The number of benzene rings is 1. The molecule has 0 spiro atoms. The van der Waals surface area contributed by atoms with Crippen molar-refractivity contribution in [3.8, 4) is 11.5 Å². The number of methoxy groups -OCH3 is 2. The predicted octanol–water partition coefficient (Wildman–Crippen LogP) is 0.848. The standard InChI is InChI=1S/C13H19N5O2/c1-4-14-8-13-15-16-17-18(13)9-10-5-6-11(19-2)7-12(10)20-3/h5-7,14H,4,8-9H2,1-3H3. The van der Waals surface area contributed by atoms with E-state index < -0.39 is 0 Å². The Morgan fingerprint density at radius 3 is 2.80 bits per heavy atom. The minimum atomic E-state index is 0.556. The number of hydrogen-bond acceptors (Lipinski definition) is 6. The minimum Gasteiger partial charge on any atom is -0.497 e. The van der Waals surface area contributed by atoms with E-state index in [1.807, 2.05) is 25.1 Å². The van der Waals surface area contributed by atoms with Crippen LogP contribution in [0.25, 0.3) is 0 Å². The number of ether oxygens (including phenoxy) is 2. The number of tetrazole rings is 1. The van der Waals surface area contributed by atoms with Crippen molar-refractivity contribution >= 4 is 0 Å². The Balaban J connectivity index is 2.19. The van der Waals surface area contributed by atoms with Gasteiger partial charge in [-0.25, -0.2) is 4.68 Å². The van der Waals surface area contributed by atoms with Gasteiger partial charge in [0.15, 0.2) is 5.82 Å². The van der Waals surface area contributed by atoms with Gasteiger partial charge in [0.1, 0.15) is 11.5 Å². The number of nitrogens with one attached hydrogen (secondary N) is 1. The Morgan fingerprint density at radius 1 is 1.25 bits per heavy atom. The second kappa shape index (κ2) is 6.85. The Hall–Kier alpha value is -2.15. The van der Waals surface area contributed by atoms with Crippen LogP contribution in [0.2, 0.25) is 0 Å². The lowest BCUT2D eigenvalue weighted by molar-refractivity contribution is 0.389. The number of aromatic nitrogens is 4. The lowest BCUT2D eigenvalue weighted by Crippen LogP contribution is -2.17. The molecule has 7 nitrogen and oxygen atoms in total.